The summed E-state index contributed by atoms with van der Waals surface area (Å²) < 4.78 is 18.4. The number of aliphatic hydroxyl groups is 4. The van der Waals surface area contributed by atoms with Crippen LogP contribution in [0.4, 0.5) is 0 Å². The topological polar surface area (TPSA) is 163 Å². The summed E-state index contributed by atoms with van der Waals surface area (Å²) in [6.07, 6.45) is -1.86. The van der Waals surface area contributed by atoms with Crippen LogP contribution in [0.3, 0.4) is 0 Å². The highest BCUT2D eigenvalue weighted by Crippen LogP contribution is 2.79. The first-order valence-electron chi connectivity index (χ1n) is 14.3. The number of carbonyl (C=O) groups is 3. The molecule has 4 fully saturated rings. The summed E-state index contributed by atoms with van der Waals surface area (Å²) in [4.78, 5) is 40.0. The fourth-order valence-electron chi connectivity index (χ4n) is 8.87. The Morgan fingerprint density at radius 1 is 1.12 bits per heavy atom. The lowest BCUT2D eigenvalue weighted by Gasteiger charge is -2.53. The molecule has 0 aromatic heterocycles. The maximum absolute atomic E-state index is 13.5. The third-order valence-corrected chi connectivity index (χ3v) is 11.0. The van der Waals surface area contributed by atoms with Crippen LogP contribution < -0.4 is 0 Å². The second-order valence-corrected chi connectivity index (χ2v) is 13.1. The number of ketones is 1. The molecular formula is C31H38O10. The molecule has 4 N–H and O–H groups in total. The molecule has 1 aromatic rings. The van der Waals surface area contributed by atoms with Crippen molar-refractivity contribution in [2.45, 2.75) is 88.2 Å². The molecule has 11 atom stereocenters. The zero-order valence-corrected chi connectivity index (χ0v) is 23.9. The molecule has 10 nitrogen and oxygen atoms in total. The molecule has 1 aromatic carbocycles. The van der Waals surface area contributed by atoms with E-state index >= 15 is 0 Å². The Hall–Kier alpha value is -2.63. The quantitative estimate of drug-likeness (QED) is 0.290. The van der Waals surface area contributed by atoms with E-state index in [2.05, 4.69) is 0 Å². The number of benzene rings is 1. The number of carbonyl (C=O) groups excluding carboxylic acids is 3. The molecule has 222 valence electrons. The number of hydrogen-bond donors (Lipinski definition) is 4. The standard InChI is InChI=1S/C31H38O10/c1-6-10-19(33)40-31-21(27(31,4)5)20-24-28(14-32,41-24)26(36)30(38)18(13-15(2)22(30)34)29(20,37)16(3)23(31)39-25(35)17-11-8-7-9-12-17/h7-9,11-13,16,18,20-21,23-24,26,32,36-38H,6,10,14H2,1-5H3/t16-,18+,20-,21+,23?,24?,26?,28?,29?,30?,31?/m1/s1. The Bertz CT molecular complexity index is 1340. The van der Waals surface area contributed by atoms with Crippen LogP contribution >= 0.6 is 0 Å². The van der Waals surface area contributed by atoms with Crippen LogP contribution in [0.15, 0.2) is 42.0 Å². The van der Waals surface area contributed by atoms with E-state index in [1.165, 1.54) is 13.0 Å². The van der Waals surface area contributed by atoms with Crippen LogP contribution in [-0.4, -0.2) is 85.5 Å². The largest absolute Gasteiger partial charge is 0.454 e. The van der Waals surface area contributed by atoms with Gasteiger partial charge in [0.05, 0.1) is 23.9 Å². The zero-order chi connectivity index (χ0) is 29.9. The van der Waals surface area contributed by atoms with Crippen LogP contribution in [0.25, 0.3) is 0 Å². The first-order valence-corrected chi connectivity index (χ1v) is 14.3. The van der Waals surface area contributed by atoms with Gasteiger partial charge >= 0.3 is 11.9 Å². The van der Waals surface area contributed by atoms with Crippen molar-refractivity contribution < 1.29 is 49.0 Å². The molecule has 0 amide bonds. The molecule has 41 heavy (non-hydrogen) atoms. The molecular weight excluding hydrogens is 532 g/mol. The van der Waals surface area contributed by atoms with Crippen molar-refractivity contribution in [1.82, 2.24) is 0 Å². The van der Waals surface area contributed by atoms with Gasteiger partial charge in [0.25, 0.3) is 0 Å². The lowest BCUT2D eigenvalue weighted by atomic mass is 9.58. The lowest BCUT2D eigenvalue weighted by molar-refractivity contribution is -0.239. The predicted molar refractivity (Wildman–Crippen MR) is 142 cm³/mol. The Labute approximate surface area is 238 Å². The lowest BCUT2D eigenvalue weighted by Crippen LogP contribution is -2.69. The Balaban J connectivity index is 1.55. The summed E-state index contributed by atoms with van der Waals surface area (Å²) in [6.45, 7) is 7.99. The highest BCUT2D eigenvalue weighted by Gasteiger charge is 2.93. The van der Waals surface area contributed by atoms with Crippen LogP contribution in [0.2, 0.25) is 0 Å². The summed E-state index contributed by atoms with van der Waals surface area (Å²) >= 11 is 0. The summed E-state index contributed by atoms with van der Waals surface area (Å²) in [5.74, 6) is -5.81. The van der Waals surface area contributed by atoms with Crippen LogP contribution in [0.1, 0.15) is 57.8 Å². The Kier molecular flexibility index (Phi) is 6.05. The smallest absolute Gasteiger partial charge is 0.338 e. The van der Waals surface area contributed by atoms with E-state index in [0.717, 1.165) is 0 Å². The molecule has 10 heteroatoms. The van der Waals surface area contributed by atoms with Crippen molar-refractivity contribution in [1.29, 1.82) is 0 Å². The van der Waals surface area contributed by atoms with Gasteiger partial charge in [-0.05, 0) is 31.1 Å². The van der Waals surface area contributed by atoms with Gasteiger partial charge in [-0.2, -0.15) is 0 Å². The molecule has 4 aliphatic carbocycles. The molecule has 6 rings (SSSR count). The zero-order valence-electron chi connectivity index (χ0n) is 23.9. The molecule has 0 spiro atoms. The van der Waals surface area contributed by atoms with Crippen LogP contribution in [-0.2, 0) is 23.8 Å². The Morgan fingerprint density at radius 3 is 2.39 bits per heavy atom. The van der Waals surface area contributed by atoms with Gasteiger partial charge in [0.1, 0.15) is 17.8 Å². The van der Waals surface area contributed by atoms with Gasteiger partial charge in [-0.25, -0.2) is 4.79 Å². The van der Waals surface area contributed by atoms with E-state index in [4.69, 9.17) is 14.2 Å². The predicted octanol–water partition coefficient (Wildman–Crippen LogP) is 1.33. The highest BCUT2D eigenvalue weighted by atomic mass is 16.6. The van der Waals surface area contributed by atoms with Crippen molar-refractivity contribution in [2.75, 3.05) is 6.61 Å². The number of hydrogen-bond acceptors (Lipinski definition) is 10. The molecule has 3 saturated carbocycles. The Morgan fingerprint density at radius 2 is 1.78 bits per heavy atom. The summed E-state index contributed by atoms with van der Waals surface area (Å²) in [7, 11) is 0. The van der Waals surface area contributed by atoms with E-state index in [1.807, 2.05) is 20.8 Å². The average molecular weight is 571 g/mol. The number of ether oxygens (including phenoxy) is 3. The fraction of sp³-hybridized carbons (Fsp3) is 0.645. The van der Waals surface area contributed by atoms with Crippen molar-refractivity contribution in [3.8, 4) is 0 Å². The van der Waals surface area contributed by atoms with Gasteiger partial charge in [-0.3, -0.25) is 9.59 Å². The first-order chi connectivity index (χ1) is 19.2. The van der Waals surface area contributed by atoms with Gasteiger partial charge in [0.15, 0.2) is 17.0 Å². The second-order valence-electron chi connectivity index (χ2n) is 13.1. The monoisotopic (exact) mass is 570 g/mol. The maximum atomic E-state index is 13.5. The summed E-state index contributed by atoms with van der Waals surface area (Å²) in [6, 6.07) is 8.32. The van der Waals surface area contributed by atoms with Gasteiger partial charge in [-0.15, -0.1) is 0 Å². The number of fused-ring (bicyclic) bond motifs is 7. The second kappa shape index (κ2) is 8.70. The molecule has 5 aliphatic rings. The van der Waals surface area contributed by atoms with E-state index in [9.17, 15) is 34.8 Å². The van der Waals surface area contributed by atoms with E-state index < -0.39 is 94.1 Å². The van der Waals surface area contributed by atoms with Gasteiger partial charge < -0.3 is 34.6 Å². The van der Waals surface area contributed by atoms with Crippen LogP contribution in [0, 0.1) is 29.1 Å². The number of rotatable bonds is 6. The van der Waals surface area contributed by atoms with Gasteiger partial charge in [-0.1, -0.05) is 52.0 Å². The van der Waals surface area contributed by atoms with Crippen molar-refractivity contribution >= 4 is 17.7 Å². The number of Topliss-reactive ketones (excluding diaryl/α,β-unsaturated/α-hetero) is 1. The molecule has 0 bridgehead atoms. The van der Waals surface area contributed by atoms with Gasteiger partial charge in [0, 0.05) is 35.5 Å². The minimum atomic E-state index is -2.49. The van der Waals surface area contributed by atoms with Gasteiger partial charge in [0.2, 0.25) is 0 Å². The third-order valence-electron chi connectivity index (χ3n) is 11.0. The number of aliphatic hydroxyl groups excluding tert-OH is 2. The molecule has 7 unspecified atom stereocenters. The van der Waals surface area contributed by atoms with Crippen molar-refractivity contribution in [2.24, 2.45) is 29.1 Å². The van der Waals surface area contributed by atoms with Crippen LogP contribution in [0.5, 0.6) is 0 Å². The molecule has 0 radical (unpaired) electrons. The fourth-order valence-corrected chi connectivity index (χ4v) is 8.87. The number of esters is 2. The molecule has 1 saturated heterocycles. The molecule has 1 heterocycles. The normalized spacial score (nSPS) is 46.6. The maximum Gasteiger partial charge on any atom is 0.338 e. The SMILES string of the molecule is CCCC(=O)OC12C(OC(=O)c3ccccc3)[C@@H](C)C3(O)[C@@H]4C=C(C)C(=O)C4(O)C(O)C4(CO)OC4[C@H]3[C@H]1C2(C)C. The third kappa shape index (κ3) is 3.23. The first kappa shape index (κ1) is 28.5. The van der Waals surface area contributed by atoms with Crippen molar-refractivity contribution in [3.63, 3.8) is 0 Å². The van der Waals surface area contributed by atoms with E-state index in [-0.39, 0.29) is 17.6 Å². The average Bonchev–Trinajstić information content (AvgIpc) is 3.77. The summed E-state index contributed by atoms with van der Waals surface area (Å²) in [5.41, 5.74) is -7.98. The minimum Gasteiger partial charge on any atom is -0.454 e. The number of epoxide rings is 1. The highest BCUT2D eigenvalue weighted by molar-refractivity contribution is 6.05. The summed E-state index contributed by atoms with van der Waals surface area (Å²) in [5, 5.41) is 46.9. The van der Waals surface area contributed by atoms with E-state index in [0.29, 0.717) is 6.42 Å². The minimum absolute atomic E-state index is 0.130. The van der Waals surface area contributed by atoms with Crippen molar-refractivity contribution in [3.05, 3.63) is 47.5 Å². The van der Waals surface area contributed by atoms with E-state index in [1.54, 1.807) is 37.3 Å². The molecule has 1 aliphatic heterocycles.